The highest BCUT2D eigenvalue weighted by Gasteiger charge is 2.42. The number of benzene rings is 2. The van der Waals surface area contributed by atoms with Gasteiger partial charge in [0.15, 0.2) is 5.43 Å². The first-order valence-corrected chi connectivity index (χ1v) is 9.85. The number of rotatable bonds is 4. The Labute approximate surface area is 171 Å². The zero-order chi connectivity index (χ0) is 20.0. The number of ether oxygens (including phenoxy) is 1. The van der Waals surface area contributed by atoms with Gasteiger partial charge in [0.05, 0.1) is 23.6 Å². The van der Waals surface area contributed by atoms with E-state index >= 15 is 0 Å². The number of fused-ring (bicyclic) bond motifs is 2. The third-order valence-electron chi connectivity index (χ3n) is 5.10. The van der Waals surface area contributed by atoms with Gasteiger partial charge in [-0.15, -0.1) is 0 Å². The first-order chi connectivity index (χ1) is 13.4. The van der Waals surface area contributed by atoms with Crippen LogP contribution in [0.25, 0.3) is 11.0 Å². The van der Waals surface area contributed by atoms with E-state index in [1.807, 2.05) is 50.2 Å². The Hall–Kier alpha value is -2.44. The van der Waals surface area contributed by atoms with Crippen LogP contribution in [0.1, 0.15) is 38.9 Å². The molecule has 0 aliphatic carbocycles. The predicted molar refractivity (Wildman–Crippen MR) is 111 cm³/mol. The van der Waals surface area contributed by atoms with Gasteiger partial charge in [-0.3, -0.25) is 9.59 Å². The standard InChI is InChI=1S/C22H20BrNO4/c1-12-9-13(2)20-16(10-12)19(25)17-18(14-5-4-6-15(23)11-14)24(7-8-27-3)22(26)21(17)28-20/h4-6,9-11,18H,7-8H2,1-3H3. The highest BCUT2D eigenvalue weighted by atomic mass is 79.9. The molecule has 1 aliphatic rings. The Kier molecular flexibility index (Phi) is 4.85. The molecule has 0 saturated heterocycles. The predicted octanol–water partition coefficient (Wildman–Crippen LogP) is 4.36. The Morgan fingerprint density at radius 1 is 1.18 bits per heavy atom. The van der Waals surface area contributed by atoms with Crippen molar-refractivity contribution in [2.45, 2.75) is 19.9 Å². The van der Waals surface area contributed by atoms with E-state index in [2.05, 4.69) is 15.9 Å². The molecule has 0 N–H and O–H groups in total. The fourth-order valence-corrected chi connectivity index (χ4v) is 4.33. The van der Waals surface area contributed by atoms with Crippen molar-refractivity contribution in [3.05, 3.63) is 79.1 Å². The van der Waals surface area contributed by atoms with Gasteiger partial charge in [-0.2, -0.15) is 0 Å². The van der Waals surface area contributed by atoms with Crippen molar-refractivity contribution in [2.75, 3.05) is 20.3 Å². The maximum absolute atomic E-state index is 13.5. The quantitative estimate of drug-likeness (QED) is 0.603. The number of carbonyl (C=O) groups is 1. The molecule has 0 spiro atoms. The summed E-state index contributed by atoms with van der Waals surface area (Å²) < 4.78 is 12.1. The largest absolute Gasteiger partial charge is 0.450 e. The number of aryl methyl sites for hydroxylation is 2. The van der Waals surface area contributed by atoms with Crippen LogP contribution in [0.2, 0.25) is 0 Å². The Bertz CT molecular complexity index is 1150. The van der Waals surface area contributed by atoms with Gasteiger partial charge >= 0.3 is 0 Å². The maximum atomic E-state index is 13.5. The summed E-state index contributed by atoms with van der Waals surface area (Å²) in [6.07, 6.45) is 0. The van der Waals surface area contributed by atoms with Gasteiger partial charge in [0, 0.05) is 18.1 Å². The third kappa shape index (κ3) is 2.97. The summed E-state index contributed by atoms with van der Waals surface area (Å²) in [7, 11) is 1.59. The topological polar surface area (TPSA) is 59.8 Å². The molecule has 2 heterocycles. The lowest BCUT2D eigenvalue weighted by molar-refractivity contribution is 0.0663. The molecule has 144 valence electrons. The van der Waals surface area contributed by atoms with Crippen molar-refractivity contribution in [1.29, 1.82) is 0 Å². The highest BCUT2D eigenvalue weighted by Crippen LogP contribution is 2.39. The summed E-state index contributed by atoms with van der Waals surface area (Å²) in [6, 6.07) is 10.9. The second-order valence-electron chi connectivity index (χ2n) is 7.08. The molecule has 3 aromatic rings. The Balaban J connectivity index is 2.01. The number of halogens is 1. The molecule has 1 atom stereocenters. The molecule has 0 bridgehead atoms. The van der Waals surface area contributed by atoms with Crippen LogP contribution in [0.3, 0.4) is 0 Å². The van der Waals surface area contributed by atoms with E-state index < -0.39 is 6.04 Å². The van der Waals surface area contributed by atoms with Crippen LogP contribution in [-0.4, -0.2) is 31.1 Å². The van der Waals surface area contributed by atoms with E-state index in [4.69, 9.17) is 9.15 Å². The zero-order valence-electron chi connectivity index (χ0n) is 15.9. The number of hydrogen-bond acceptors (Lipinski definition) is 4. The highest BCUT2D eigenvalue weighted by molar-refractivity contribution is 9.10. The first kappa shape index (κ1) is 18.9. The molecular weight excluding hydrogens is 422 g/mol. The first-order valence-electron chi connectivity index (χ1n) is 9.05. The molecule has 0 fully saturated rings. The molecular formula is C22H20BrNO4. The lowest BCUT2D eigenvalue weighted by Crippen LogP contribution is -2.32. The van der Waals surface area contributed by atoms with Gasteiger partial charge < -0.3 is 14.1 Å². The minimum atomic E-state index is -0.503. The Morgan fingerprint density at radius 3 is 2.68 bits per heavy atom. The summed E-state index contributed by atoms with van der Waals surface area (Å²) >= 11 is 3.48. The van der Waals surface area contributed by atoms with Crippen molar-refractivity contribution in [3.8, 4) is 0 Å². The summed E-state index contributed by atoms with van der Waals surface area (Å²) in [5, 5.41) is 0.512. The van der Waals surface area contributed by atoms with Gasteiger partial charge in [-0.1, -0.05) is 34.1 Å². The summed E-state index contributed by atoms with van der Waals surface area (Å²) in [6.45, 7) is 4.57. The molecule has 1 unspecified atom stereocenters. The van der Waals surface area contributed by atoms with E-state index in [-0.39, 0.29) is 17.1 Å². The van der Waals surface area contributed by atoms with Crippen molar-refractivity contribution >= 4 is 32.8 Å². The van der Waals surface area contributed by atoms with Crippen molar-refractivity contribution in [3.63, 3.8) is 0 Å². The lowest BCUT2D eigenvalue weighted by atomic mass is 9.97. The molecule has 6 heteroatoms. The minimum absolute atomic E-state index is 0.130. The molecule has 1 amide bonds. The third-order valence-corrected chi connectivity index (χ3v) is 5.59. The summed E-state index contributed by atoms with van der Waals surface area (Å²) in [5.41, 5.74) is 3.41. The van der Waals surface area contributed by atoms with Crippen LogP contribution in [0.4, 0.5) is 0 Å². The van der Waals surface area contributed by atoms with Crippen LogP contribution in [-0.2, 0) is 4.74 Å². The van der Waals surface area contributed by atoms with Crippen molar-refractivity contribution in [2.24, 2.45) is 0 Å². The van der Waals surface area contributed by atoms with Gasteiger partial charge in [0.25, 0.3) is 5.91 Å². The molecule has 4 rings (SSSR count). The van der Waals surface area contributed by atoms with Gasteiger partial charge in [-0.05, 0) is 48.7 Å². The molecule has 2 aromatic carbocycles. The smallest absolute Gasteiger partial charge is 0.290 e. The van der Waals surface area contributed by atoms with E-state index in [1.54, 1.807) is 12.0 Å². The second-order valence-corrected chi connectivity index (χ2v) is 8.00. The number of hydrogen-bond donors (Lipinski definition) is 0. The lowest BCUT2D eigenvalue weighted by Gasteiger charge is -2.24. The van der Waals surface area contributed by atoms with E-state index in [9.17, 15) is 9.59 Å². The molecule has 1 aromatic heterocycles. The minimum Gasteiger partial charge on any atom is -0.450 e. The second kappa shape index (κ2) is 7.18. The fourth-order valence-electron chi connectivity index (χ4n) is 3.92. The fraction of sp³-hybridized carbons (Fsp3) is 0.273. The van der Waals surface area contributed by atoms with Crippen molar-refractivity contribution in [1.82, 2.24) is 4.90 Å². The number of amides is 1. The van der Waals surface area contributed by atoms with E-state index in [0.717, 1.165) is 21.2 Å². The van der Waals surface area contributed by atoms with Crippen LogP contribution in [0.5, 0.6) is 0 Å². The molecule has 0 radical (unpaired) electrons. The molecule has 0 saturated carbocycles. The van der Waals surface area contributed by atoms with E-state index in [0.29, 0.717) is 29.7 Å². The normalized spacial score (nSPS) is 16.1. The van der Waals surface area contributed by atoms with Gasteiger partial charge in [0.1, 0.15) is 5.58 Å². The Morgan fingerprint density at radius 2 is 1.96 bits per heavy atom. The number of methoxy groups -OCH3 is 1. The van der Waals surface area contributed by atoms with Gasteiger partial charge in [0.2, 0.25) is 5.76 Å². The average molecular weight is 442 g/mol. The molecule has 1 aliphatic heterocycles. The van der Waals surface area contributed by atoms with Crippen LogP contribution in [0.15, 0.2) is 50.1 Å². The van der Waals surface area contributed by atoms with Gasteiger partial charge in [-0.25, -0.2) is 0 Å². The summed E-state index contributed by atoms with van der Waals surface area (Å²) in [4.78, 5) is 28.3. The number of nitrogens with zero attached hydrogens (tertiary/aromatic N) is 1. The monoisotopic (exact) mass is 441 g/mol. The van der Waals surface area contributed by atoms with E-state index in [1.165, 1.54) is 0 Å². The maximum Gasteiger partial charge on any atom is 0.290 e. The van der Waals surface area contributed by atoms with Crippen LogP contribution in [0, 0.1) is 13.8 Å². The zero-order valence-corrected chi connectivity index (χ0v) is 17.5. The SMILES string of the molecule is COCCN1C(=O)c2oc3c(C)cc(C)cc3c(=O)c2C1c1cccc(Br)c1. The summed E-state index contributed by atoms with van der Waals surface area (Å²) in [5.74, 6) is -0.151. The van der Waals surface area contributed by atoms with Crippen molar-refractivity contribution < 1.29 is 13.9 Å². The molecule has 28 heavy (non-hydrogen) atoms. The molecule has 5 nitrogen and oxygen atoms in total. The van der Waals surface area contributed by atoms with Crippen LogP contribution < -0.4 is 5.43 Å². The average Bonchev–Trinajstić information content (AvgIpc) is 2.93. The number of carbonyl (C=O) groups excluding carboxylic acids is 1. The van der Waals surface area contributed by atoms with Crippen LogP contribution >= 0.6 is 15.9 Å².